The molecule has 0 spiro atoms. The first-order valence-corrected chi connectivity index (χ1v) is 10.4. The number of halogens is 3. The van der Waals surface area contributed by atoms with E-state index in [1.807, 2.05) is 0 Å². The molecular formula is C21H26F3N3O5. The zero-order chi connectivity index (χ0) is 23.4. The maximum Gasteiger partial charge on any atom is 0.414 e. The van der Waals surface area contributed by atoms with Crippen LogP contribution >= 0.6 is 0 Å². The largest absolute Gasteiger partial charge is 0.444 e. The van der Waals surface area contributed by atoms with Crippen LogP contribution in [0.1, 0.15) is 26.7 Å². The molecule has 0 saturated carbocycles. The minimum atomic E-state index is -3.05. The van der Waals surface area contributed by atoms with Crippen LogP contribution in [0, 0.1) is 11.7 Å². The van der Waals surface area contributed by atoms with Crippen LogP contribution in [0.4, 0.5) is 29.3 Å². The third-order valence-electron chi connectivity index (χ3n) is 5.33. The number of ether oxygens (including phenoxy) is 1. The lowest BCUT2D eigenvalue weighted by atomic mass is 10.1. The van der Waals surface area contributed by atoms with Gasteiger partial charge in [0.05, 0.1) is 31.1 Å². The third-order valence-corrected chi connectivity index (χ3v) is 5.33. The van der Waals surface area contributed by atoms with Crippen LogP contribution in [-0.2, 0) is 19.2 Å². The second kappa shape index (κ2) is 10.2. The summed E-state index contributed by atoms with van der Waals surface area (Å²) in [6, 6.07) is 4.30. The monoisotopic (exact) mass is 457 g/mol. The van der Waals surface area contributed by atoms with E-state index in [4.69, 9.17) is 9.57 Å². The van der Waals surface area contributed by atoms with Gasteiger partial charge in [-0.05, 0) is 24.6 Å². The van der Waals surface area contributed by atoms with E-state index in [9.17, 15) is 27.6 Å². The number of carbonyl (C=O) groups is 3. The molecule has 2 heterocycles. The van der Waals surface area contributed by atoms with E-state index in [1.165, 1.54) is 22.1 Å². The topological polar surface area (TPSA) is 79.4 Å². The number of hydroxylamine groups is 2. The van der Waals surface area contributed by atoms with Gasteiger partial charge in [-0.2, -0.15) is 0 Å². The number of ketones is 1. The predicted octanol–water partition coefficient (Wildman–Crippen LogP) is 3.00. The Kier molecular flexibility index (Phi) is 7.60. The Hall–Kier alpha value is -2.82. The number of benzene rings is 1. The minimum absolute atomic E-state index is 0.0225. The number of hydrogen-bond acceptors (Lipinski definition) is 6. The third kappa shape index (κ3) is 5.50. The van der Waals surface area contributed by atoms with Gasteiger partial charge in [0.15, 0.2) is 5.78 Å². The minimum Gasteiger partial charge on any atom is -0.444 e. The van der Waals surface area contributed by atoms with Gasteiger partial charge in [0.25, 0.3) is 6.43 Å². The second-order valence-electron chi connectivity index (χ2n) is 7.97. The lowest BCUT2D eigenvalue weighted by Crippen LogP contribution is -2.36. The molecule has 0 aliphatic carbocycles. The number of anilines is 2. The van der Waals surface area contributed by atoms with Crippen LogP contribution in [0.25, 0.3) is 0 Å². The highest BCUT2D eigenvalue weighted by molar-refractivity contribution is 5.90. The Morgan fingerprint density at radius 2 is 1.94 bits per heavy atom. The summed E-state index contributed by atoms with van der Waals surface area (Å²) in [4.78, 5) is 43.8. The number of nitrogens with zero attached hydrogens (tertiary/aromatic N) is 3. The van der Waals surface area contributed by atoms with E-state index in [2.05, 4.69) is 0 Å². The van der Waals surface area contributed by atoms with Crippen LogP contribution in [0.3, 0.4) is 0 Å². The van der Waals surface area contributed by atoms with Crippen molar-refractivity contribution in [2.24, 2.45) is 5.92 Å². The molecule has 2 fully saturated rings. The van der Waals surface area contributed by atoms with E-state index in [0.717, 1.165) is 0 Å². The molecule has 0 unspecified atom stereocenters. The molecule has 2 amide bonds. The Morgan fingerprint density at radius 1 is 1.19 bits per heavy atom. The summed E-state index contributed by atoms with van der Waals surface area (Å²) >= 11 is 0. The van der Waals surface area contributed by atoms with Crippen LogP contribution in [-0.4, -0.2) is 68.2 Å². The lowest BCUT2D eigenvalue weighted by molar-refractivity contribution is -0.185. The highest BCUT2D eigenvalue weighted by Crippen LogP contribution is 2.29. The van der Waals surface area contributed by atoms with Gasteiger partial charge < -0.3 is 9.64 Å². The molecule has 1 aromatic carbocycles. The molecule has 8 nitrogen and oxygen atoms in total. The summed E-state index contributed by atoms with van der Waals surface area (Å²) in [5.41, 5.74) is 0.574. The molecule has 0 bridgehead atoms. The number of amides is 2. The number of carbonyl (C=O) groups excluding carboxylic acids is 3. The van der Waals surface area contributed by atoms with Gasteiger partial charge in [0.2, 0.25) is 5.91 Å². The van der Waals surface area contributed by atoms with Crippen molar-refractivity contribution in [2.45, 2.75) is 39.2 Å². The number of alkyl halides is 2. The summed E-state index contributed by atoms with van der Waals surface area (Å²) in [5.74, 6) is -2.12. The van der Waals surface area contributed by atoms with Crippen LogP contribution in [0.15, 0.2) is 18.2 Å². The van der Waals surface area contributed by atoms with Crippen molar-refractivity contribution in [3.05, 3.63) is 24.0 Å². The van der Waals surface area contributed by atoms with Gasteiger partial charge in [0.1, 0.15) is 11.9 Å². The quantitative estimate of drug-likeness (QED) is 0.627. The van der Waals surface area contributed by atoms with E-state index < -0.39 is 36.6 Å². The first kappa shape index (κ1) is 23.8. The standard InChI is InChI=1S/C21H26F3N3O5/c1-13(2)20(29)27-8-7-25(9-10-31-27)17-5-3-14(11-16(17)22)26-12-15(32-21(26)30)4-6-18(28)19(23)24/h3,5,11,13,15,19H,4,6-10,12H2,1-2H3/t15-/m0/s1. The average Bonchev–Trinajstić information content (AvgIpc) is 2.95. The van der Waals surface area contributed by atoms with Gasteiger partial charge in [-0.25, -0.2) is 23.0 Å². The zero-order valence-corrected chi connectivity index (χ0v) is 17.9. The van der Waals surface area contributed by atoms with Crippen molar-refractivity contribution in [1.29, 1.82) is 0 Å². The molecule has 2 saturated heterocycles. The van der Waals surface area contributed by atoms with E-state index in [-0.39, 0.29) is 43.6 Å². The normalized spacial score (nSPS) is 19.5. The van der Waals surface area contributed by atoms with Crippen molar-refractivity contribution < 1.29 is 37.1 Å². The summed E-state index contributed by atoms with van der Waals surface area (Å²) in [6.07, 6.45) is -4.92. The second-order valence-corrected chi connectivity index (χ2v) is 7.97. The van der Waals surface area contributed by atoms with Crippen molar-refractivity contribution in [2.75, 3.05) is 42.6 Å². The maximum absolute atomic E-state index is 14.9. The molecule has 0 N–H and O–H groups in total. The average molecular weight is 457 g/mol. The molecule has 0 aromatic heterocycles. The number of rotatable bonds is 7. The summed E-state index contributed by atoms with van der Waals surface area (Å²) in [6.45, 7) is 4.85. The van der Waals surface area contributed by atoms with Gasteiger partial charge >= 0.3 is 6.09 Å². The summed E-state index contributed by atoms with van der Waals surface area (Å²) in [5, 5.41) is 1.30. The molecular weight excluding hydrogens is 431 g/mol. The summed E-state index contributed by atoms with van der Waals surface area (Å²) in [7, 11) is 0. The van der Waals surface area contributed by atoms with Gasteiger partial charge in [-0.3, -0.25) is 19.3 Å². The fourth-order valence-corrected chi connectivity index (χ4v) is 3.57. The predicted molar refractivity (Wildman–Crippen MR) is 109 cm³/mol. The Morgan fingerprint density at radius 3 is 2.59 bits per heavy atom. The van der Waals surface area contributed by atoms with Gasteiger partial charge in [-0.15, -0.1) is 0 Å². The molecule has 2 aliphatic rings. The highest BCUT2D eigenvalue weighted by Gasteiger charge is 2.34. The number of Topliss-reactive ketones (excluding diaryl/α,β-unsaturated/α-hetero) is 1. The number of cyclic esters (lactones) is 1. The first-order chi connectivity index (χ1) is 15.2. The molecule has 176 valence electrons. The fourth-order valence-electron chi connectivity index (χ4n) is 3.57. The summed E-state index contributed by atoms with van der Waals surface area (Å²) < 4.78 is 44.7. The van der Waals surface area contributed by atoms with Crippen molar-refractivity contribution in [3.8, 4) is 0 Å². The van der Waals surface area contributed by atoms with Gasteiger partial charge in [0, 0.05) is 25.4 Å². The molecule has 11 heteroatoms. The smallest absolute Gasteiger partial charge is 0.414 e. The van der Waals surface area contributed by atoms with Crippen LogP contribution < -0.4 is 9.80 Å². The number of hydrogen-bond donors (Lipinski definition) is 0. The van der Waals surface area contributed by atoms with E-state index >= 15 is 0 Å². The molecule has 32 heavy (non-hydrogen) atoms. The highest BCUT2D eigenvalue weighted by atomic mass is 19.3. The SMILES string of the molecule is CC(C)C(=O)N1CCN(c2ccc(N3C[C@H](CCC(=O)C(F)F)OC3=O)cc2F)CCO1. The molecule has 2 aliphatic heterocycles. The molecule has 1 atom stereocenters. The molecule has 3 rings (SSSR count). The Labute approximate surface area is 183 Å². The van der Waals surface area contributed by atoms with E-state index in [1.54, 1.807) is 24.8 Å². The maximum atomic E-state index is 14.9. The van der Waals surface area contributed by atoms with Crippen LogP contribution in [0.5, 0.6) is 0 Å². The molecule has 0 radical (unpaired) electrons. The Bertz CT molecular complexity index is 867. The zero-order valence-electron chi connectivity index (χ0n) is 17.9. The molecule has 1 aromatic rings. The van der Waals surface area contributed by atoms with E-state index in [0.29, 0.717) is 18.8 Å². The first-order valence-electron chi connectivity index (χ1n) is 10.4. The van der Waals surface area contributed by atoms with Crippen molar-refractivity contribution >= 4 is 29.2 Å². The lowest BCUT2D eigenvalue weighted by Gasteiger charge is -2.24. The Balaban J connectivity index is 1.63. The van der Waals surface area contributed by atoms with Crippen molar-refractivity contribution in [1.82, 2.24) is 5.06 Å². The van der Waals surface area contributed by atoms with Crippen LogP contribution in [0.2, 0.25) is 0 Å². The van der Waals surface area contributed by atoms with Gasteiger partial charge in [-0.1, -0.05) is 13.8 Å². The fraction of sp³-hybridized carbons (Fsp3) is 0.571. The van der Waals surface area contributed by atoms with Crippen molar-refractivity contribution in [3.63, 3.8) is 0 Å².